The first-order valence-electron chi connectivity index (χ1n) is 3.63. The van der Waals surface area contributed by atoms with E-state index in [1.165, 1.54) is 19.2 Å². The summed E-state index contributed by atoms with van der Waals surface area (Å²) in [6.07, 6.45) is -1.18. The topological polar surface area (TPSA) is 38.9 Å². The van der Waals surface area contributed by atoms with Gasteiger partial charge in [0.25, 0.3) is 6.43 Å². The zero-order valence-corrected chi connectivity index (χ0v) is 8.55. The Morgan fingerprint density at radius 1 is 1.54 bits per heavy atom. The maximum absolute atomic E-state index is 12.4. The van der Waals surface area contributed by atoms with Crippen molar-refractivity contribution in [1.82, 2.24) is 4.98 Å². The predicted octanol–water partition coefficient (Wildman–Crippen LogP) is 2.28. The van der Waals surface area contributed by atoms with E-state index in [0.717, 1.165) is 4.47 Å². The lowest BCUT2D eigenvalue weighted by Gasteiger charge is -2.22. The molecule has 0 aromatic carbocycles. The lowest BCUT2D eigenvalue weighted by Crippen LogP contribution is -2.41. The molecule has 0 fully saturated rings. The summed E-state index contributed by atoms with van der Waals surface area (Å²) in [7, 11) is 0. The minimum absolute atomic E-state index is 0.186. The van der Waals surface area contributed by atoms with Gasteiger partial charge in [0, 0.05) is 10.7 Å². The molecule has 1 aromatic heterocycles. The number of hydrogen-bond acceptors (Lipinski definition) is 2. The van der Waals surface area contributed by atoms with Crippen LogP contribution in [-0.4, -0.2) is 11.4 Å². The normalized spacial score (nSPS) is 15.8. The molecule has 2 nitrogen and oxygen atoms in total. The smallest absolute Gasteiger partial charge is 0.261 e. The zero-order valence-electron chi connectivity index (χ0n) is 6.97. The number of pyridine rings is 1. The van der Waals surface area contributed by atoms with Crippen LogP contribution in [0.15, 0.2) is 22.8 Å². The number of nitrogens with zero attached hydrogens (tertiary/aromatic N) is 1. The third-order valence-corrected chi connectivity index (χ3v) is 2.20. The third-order valence-electron chi connectivity index (χ3n) is 1.73. The van der Waals surface area contributed by atoms with Crippen LogP contribution >= 0.6 is 15.9 Å². The predicted molar refractivity (Wildman–Crippen MR) is 49.5 cm³/mol. The molecule has 0 saturated carbocycles. The molecule has 0 aliphatic heterocycles. The van der Waals surface area contributed by atoms with Crippen molar-refractivity contribution in [2.45, 2.75) is 18.9 Å². The van der Waals surface area contributed by atoms with Gasteiger partial charge in [0.1, 0.15) is 5.54 Å². The fraction of sp³-hybridized carbons (Fsp3) is 0.375. The van der Waals surface area contributed by atoms with Gasteiger partial charge in [0.2, 0.25) is 0 Å². The van der Waals surface area contributed by atoms with Gasteiger partial charge in [-0.05, 0) is 35.0 Å². The summed E-state index contributed by atoms with van der Waals surface area (Å²) in [5.74, 6) is 0. The van der Waals surface area contributed by atoms with Gasteiger partial charge in [0.05, 0.1) is 5.69 Å². The van der Waals surface area contributed by atoms with E-state index < -0.39 is 12.0 Å². The summed E-state index contributed by atoms with van der Waals surface area (Å²) in [4.78, 5) is 3.82. The number of halogens is 3. The Balaban J connectivity index is 3.01. The van der Waals surface area contributed by atoms with Gasteiger partial charge in [-0.15, -0.1) is 0 Å². The average molecular weight is 251 g/mol. The van der Waals surface area contributed by atoms with Crippen LogP contribution in [0.5, 0.6) is 0 Å². The average Bonchev–Trinajstić information content (AvgIpc) is 2.04. The van der Waals surface area contributed by atoms with Crippen LogP contribution in [-0.2, 0) is 5.54 Å². The molecule has 0 amide bonds. The molecule has 13 heavy (non-hydrogen) atoms. The molecule has 0 saturated heterocycles. The molecule has 0 aliphatic carbocycles. The van der Waals surface area contributed by atoms with Crippen molar-refractivity contribution in [2.75, 3.05) is 0 Å². The van der Waals surface area contributed by atoms with E-state index in [0.29, 0.717) is 0 Å². The molecule has 5 heteroatoms. The van der Waals surface area contributed by atoms with Gasteiger partial charge < -0.3 is 5.73 Å². The molecule has 0 aliphatic rings. The fourth-order valence-electron chi connectivity index (χ4n) is 0.806. The van der Waals surface area contributed by atoms with Gasteiger partial charge in [-0.1, -0.05) is 0 Å². The Morgan fingerprint density at radius 3 is 2.54 bits per heavy atom. The number of alkyl halides is 2. The first-order chi connectivity index (χ1) is 5.94. The van der Waals surface area contributed by atoms with Gasteiger partial charge >= 0.3 is 0 Å². The van der Waals surface area contributed by atoms with Crippen LogP contribution in [0.4, 0.5) is 8.78 Å². The van der Waals surface area contributed by atoms with Crippen molar-refractivity contribution in [2.24, 2.45) is 5.73 Å². The van der Waals surface area contributed by atoms with E-state index in [1.807, 2.05) is 0 Å². The lowest BCUT2D eigenvalue weighted by molar-refractivity contribution is 0.0602. The van der Waals surface area contributed by atoms with Crippen LogP contribution in [0.1, 0.15) is 12.6 Å². The molecule has 0 spiro atoms. The summed E-state index contributed by atoms with van der Waals surface area (Å²) in [5.41, 5.74) is 3.91. The van der Waals surface area contributed by atoms with E-state index in [-0.39, 0.29) is 5.69 Å². The number of aromatic nitrogens is 1. The molecular formula is C8H9BrF2N2. The van der Waals surface area contributed by atoms with E-state index in [4.69, 9.17) is 5.73 Å². The number of nitrogens with two attached hydrogens (primary N) is 1. The van der Waals surface area contributed by atoms with Gasteiger partial charge in [0.15, 0.2) is 0 Å². The SMILES string of the molecule is CC(N)(c1ccc(Br)cn1)C(F)F. The summed E-state index contributed by atoms with van der Waals surface area (Å²) < 4.78 is 25.6. The van der Waals surface area contributed by atoms with Crippen LogP contribution in [0.2, 0.25) is 0 Å². The highest BCUT2D eigenvalue weighted by molar-refractivity contribution is 9.10. The summed E-state index contributed by atoms with van der Waals surface area (Å²) in [6.45, 7) is 1.26. The maximum Gasteiger partial charge on any atom is 0.261 e. The van der Waals surface area contributed by atoms with E-state index >= 15 is 0 Å². The molecule has 0 bridgehead atoms. The first kappa shape index (κ1) is 10.5. The van der Waals surface area contributed by atoms with Crippen molar-refractivity contribution in [3.05, 3.63) is 28.5 Å². The van der Waals surface area contributed by atoms with Crippen molar-refractivity contribution < 1.29 is 8.78 Å². The van der Waals surface area contributed by atoms with Gasteiger partial charge in [-0.2, -0.15) is 0 Å². The first-order valence-corrected chi connectivity index (χ1v) is 4.43. The molecule has 2 N–H and O–H groups in total. The van der Waals surface area contributed by atoms with Crippen molar-refractivity contribution >= 4 is 15.9 Å². The second-order valence-corrected chi connectivity index (χ2v) is 3.86. The van der Waals surface area contributed by atoms with Crippen molar-refractivity contribution in [1.29, 1.82) is 0 Å². The summed E-state index contributed by atoms with van der Waals surface area (Å²) >= 11 is 3.16. The largest absolute Gasteiger partial charge is 0.316 e. The van der Waals surface area contributed by atoms with Crippen LogP contribution in [0, 0.1) is 0 Å². The Bertz CT molecular complexity index is 285. The second-order valence-electron chi connectivity index (χ2n) is 2.95. The van der Waals surface area contributed by atoms with E-state index in [1.54, 1.807) is 6.07 Å². The fourth-order valence-corrected chi connectivity index (χ4v) is 1.04. The van der Waals surface area contributed by atoms with Gasteiger partial charge in [-0.25, -0.2) is 8.78 Å². The summed E-state index contributed by atoms with van der Waals surface area (Å²) in [5, 5.41) is 0. The molecule has 1 rings (SSSR count). The molecule has 1 atom stereocenters. The lowest BCUT2D eigenvalue weighted by atomic mass is 9.99. The highest BCUT2D eigenvalue weighted by Gasteiger charge is 2.33. The Morgan fingerprint density at radius 2 is 2.15 bits per heavy atom. The third kappa shape index (κ3) is 2.22. The Labute approximate surface area is 83.3 Å². The minimum atomic E-state index is -2.62. The van der Waals surface area contributed by atoms with E-state index in [2.05, 4.69) is 20.9 Å². The Kier molecular flexibility index (Phi) is 2.98. The quantitative estimate of drug-likeness (QED) is 0.875. The molecule has 1 aromatic rings. The van der Waals surface area contributed by atoms with Crippen LogP contribution in [0.25, 0.3) is 0 Å². The number of rotatable bonds is 2. The molecule has 0 radical (unpaired) electrons. The Hall–Kier alpha value is -0.550. The van der Waals surface area contributed by atoms with E-state index in [9.17, 15) is 8.78 Å². The monoisotopic (exact) mass is 250 g/mol. The van der Waals surface area contributed by atoms with Crippen LogP contribution in [0.3, 0.4) is 0 Å². The minimum Gasteiger partial charge on any atom is -0.316 e. The van der Waals surface area contributed by atoms with Crippen molar-refractivity contribution in [3.8, 4) is 0 Å². The molecular weight excluding hydrogens is 242 g/mol. The number of hydrogen-bond donors (Lipinski definition) is 1. The summed E-state index contributed by atoms with van der Waals surface area (Å²) in [6, 6.07) is 3.12. The molecule has 1 unspecified atom stereocenters. The highest BCUT2D eigenvalue weighted by atomic mass is 79.9. The maximum atomic E-state index is 12.4. The second kappa shape index (κ2) is 3.67. The zero-order chi connectivity index (χ0) is 10.1. The standard InChI is InChI=1S/C8H9BrF2N2/c1-8(12,7(10)11)6-3-2-5(9)4-13-6/h2-4,7H,12H2,1H3. The highest BCUT2D eigenvalue weighted by Crippen LogP contribution is 2.23. The van der Waals surface area contributed by atoms with Crippen molar-refractivity contribution in [3.63, 3.8) is 0 Å². The molecule has 72 valence electrons. The molecule has 1 heterocycles. The van der Waals surface area contributed by atoms with Crippen LogP contribution < -0.4 is 5.73 Å². The van der Waals surface area contributed by atoms with Gasteiger partial charge in [-0.3, -0.25) is 4.98 Å².